The molecule has 0 fully saturated rings. The fourth-order valence-corrected chi connectivity index (χ4v) is 3.63. The van der Waals surface area contributed by atoms with E-state index in [0.29, 0.717) is 10.2 Å². The van der Waals surface area contributed by atoms with Crippen LogP contribution in [-0.2, 0) is 10.0 Å². The third-order valence-corrected chi connectivity index (χ3v) is 5.14. The molecular formula is C14H12BrN3O2S. The Morgan fingerprint density at radius 1 is 1.19 bits per heavy atom. The van der Waals surface area contributed by atoms with Gasteiger partial charge in [0.05, 0.1) is 22.3 Å². The summed E-state index contributed by atoms with van der Waals surface area (Å²) < 4.78 is 28.0. The lowest BCUT2D eigenvalue weighted by atomic mass is 10.2. The lowest BCUT2D eigenvalue weighted by Gasteiger charge is -2.10. The molecule has 1 aromatic heterocycles. The number of benzene rings is 2. The lowest BCUT2D eigenvalue weighted by molar-refractivity contribution is 0.601. The van der Waals surface area contributed by atoms with Gasteiger partial charge in [0, 0.05) is 9.86 Å². The molecule has 5 nitrogen and oxygen atoms in total. The Labute approximate surface area is 130 Å². The van der Waals surface area contributed by atoms with E-state index in [4.69, 9.17) is 0 Å². The average Bonchev–Trinajstić information content (AvgIpc) is 2.86. The summed E-state index contributed by atoms with van der Waals surface area (Å²) in [6.45, 7) is 1.91. The van der Waals surface area contributed by atoms with Gasteiger partial charge in [0.2, 0.25) is 0 Å². The third kappa shape index (κ3) is 2.79. The molecule has 2 aromatic carbocycles. The first-order chi connectivity index (χ1) is 9.95. The summed E-state index contributed by atoms with van der Waals surface area (Å²) in [5.41, 5.74) is 2.24. The van der Waals surface area contributed by atoms with Crippen molar-refractivity contribution >= 4 is 42.5 Å². The molecule has 0 radical (unpaired) electrons. The molecule has 7 heteroatoms. The van der Waals surface area contributed by atoms with E-state index in [9.17, 15) is 8.42 Å². The van der Waals surface area contributed by atoms with E-state index in [0.717, 1.165) is 16.5 Å². The molecule has 0 unspecified atom stereocenters. The molecule has 3 aromatic rings. The van der Waals surface area contributed by atoms with Gasteiger partial charge in [0.1, 0.15) is 0 Å². The number of sulfonamides is 1. The summed E-state index contributed by atoms with van der Waals surface area (Å²) in [5, 5.41) is 7.64. The highest BCUT2D eigenvalue weighted by Crippen LogP contribution is 2.29. The van der Waals surface area contributed by atoms with Gasteiger partial charge < -0.3 is 0 Å². The van der Waals surface area contributed by atoms with Crippen LogP contribution >= 0.6 is 15.9 Å². The van der Waals surface area contributed by atoms with Crippen molar-refractivity contribution in [1.29, 1.82) is 0 Å². The van der Waals surface area contributed by atoms with Crippen molar-refractivity contribution in [3.05, 3.63) is 52.6 Å². The van der Waals surface area contributed by atoms with Crippen LogP contribution in [0, 0.1) is 6.92 Å². The van der Waals surface area contributed by atoms with Crippen LogP contribution in [-0.4, -0.2) is 18.6 Å². The standard InChI is InChI=1S/C14H12BrN3O2S/c1-9-2-4-11(5-3-9)21(19,20)18-14-7-13-10(6-12(14)15)8-16-17-13/h2-8,18H,1H3,(H,16,17). The zero-order valence-corrected chi connectivity index (χ0v) is 13.5. The number of fused-ring (bicyclic) bond motifs is 1. The number of anilines is 1. The van der Waals surface area contributed by atoms with Crippen LogP contribution < -0.4 is 4.72 Å². The Kier molecular flexibility index (Phi) is 3.46. The minimum Gasteiger partial charge on any atom is -0.278 e. The molecule has 0 amide bonds. The first-order valence-electron chi connectivity index (χ1n) is 6.18. The van der Waals surface area contributed by atoms with Crippen LogP contribution in [0.1, 0.15) is 5.56 Å². The Balaban J connectivity index is 2.00. The molecule has 2 N–H and O–H groups in total. The second-order valence-corrected chi connectivity index (χ2v) is 7.24. The van der Waals surface area contributed by atoms with Gasteiger partial charge in [-0.15, -0.1) is 0 Å². The summed E-state index contributed by atoms with van der Waals surface area (Å²) in [6.07, 6.45) is 1.68. The summed E-state index contributed by atoms with van der Waals surface area (Å²) in [4.78, 5) is 0.227. The van der Waals surface area contributed by atoms with E-state index in [-0.39, 0.29) is 4.90 Å². The maximum atomic E-state index is 12.4. The van der Waals surface area contributed by atoms with E-state index in [2.05, 4.69) is 30.8 Å². The Morgan fingerprint density at radius 3 is 2.62 bits per heavy atom. The summed E-state index contributed by atoms with van der Waals surface area (Å²) in [6, 6.07) is 10.2. The van der Waals surface area contributed by atoms with Gasteiger partial charge in [0.25, 0.3) is 10.0 Å². The second kappa shape index (κ2) is 5.16. The smallest absolute Gasteiger partial charge is 0.261 e. The number of aryl methyl sites for hydroxylation is 1. The van der Waals surface area contributed by atoms with Crippen molar-refractivity contribution in [3.8, 4) is 0 Å². The van der Waals surface area contributed by atoms with Crippen LogP contribution in [0.3, 0.4) is 0 Å². The molecule has 0 aliphatic rings. The van der Waals surface area contributed by atoms with Gasteiger partial charge in [-0.3, -0.25) is 9.82 Å². The van der Waals surface area contributed by atoms with Crippen molar-refractivity contribution in [2.75, 3.05) is 4.72 Å². The Bertz CT molecular complexity index is 902. The van der Waals surface area contributed by atoms with Crippen LogP contribution in [0.5, 0.6) is 0 Å². The van der Waals surface area contributed by atoms with Gasteiger partial charge >= 0.3 is 0 Å². The second-order valence-electron chi connectivity index (χ2n) is 4.71. The molecule has 21 heavy (non-hydrogen) atoms. The SMILES string of the molecule is Cc1ccc(S(=O)(=O)Nc2cc3[nH]ncc3cc2Br)cc1. The van der Waals surface area contributed by atoms with E-state index in [1.807, 2.05) is 13.0 Å². The average molecular weight is 366 g/mol. The minimum absolute atomic E-state index is 0.227. The summed E-state index contributed by atoms with van der Waals surface area (Å²) >= 11 is 3.37. The lowest BCUT2D eigenvalue weighted by Crippen LogP contribution is -2.13. The maximum Gasteiger partial charge on any atom is 0.261 e. The summed E-state index contributed by atoms with van der Waals surface area (Å²) in [5.74, 6) is 0. The molecule has 0 aliphatic carbocycles. The largest absolute Gasteiger partial charge is 0.278 e. The van der Waals surface area contributed by atoms with Gasteiger partial charge in [0.15, 0.2) is 0 Å². The fourth-order valence-electron chi connectivity index (χ4n) is 1.96. The molecule has 0 saturated heterocycles. The van der Waals surface area contributed by atoms with Crippen LogP contribution in [0.4, 0.5) is 5.69 Å². The first-order valence-corrected chi connectivity index (χ1v) is 8.45. The number of H-pyrrole nitrogens is 1. The van der Waals surface area contributed by atoms with Gasteiger partial charge in [-0.25, -0.2) is 8.42 Å². The van der Waals surface area contributed by atoms with Crippen LogP contribution in [0.25, 0.3) is 10.9 Å². The first kappa shape index (κ1) is 14.1. The number of hydrogen-bond acceptors (Lipinski definition) is 3. The number of aromatic amines is 1. The van der Waals surface area contributed by atoms with Gasteiger partial charge in [-0.1, -0.05) is 17.7 Å². The fraction of sp³-hybridized carbons (Fsp3) is 0.0714. The monoisotopic (exact) mass is 365 g/mol. The van der Waals surface area contributed by atoms with E-state index < -0.39 is 10.0 Å². The number of nitrogens with zero attached hydrogens (tertiary/aromatic N) is 1. The van der Waals surface area contributed by atoms with Gasteiger partial charge in [-0.05, 0) is 47.1 Å². The van der Waals surface area contributed by atoms with E-state index in [1.54, 1.807) is 36.5 Å². The number of hydrogen-bond donors (Lipinski definition) is 2. The highest BCUT2D eigenvalue weighted by Gasteiger charge is 2.16. The number of nitrogens with one attached hydrogen (secondary N) is 2. The van der Waals surface area contributed by atoms with Crippen molar-refractivity contribution < 1.29 is 8.42 Å². The highest BCUT2D eigenvalue weighted by atomic mass is 79.9. The van der Waals surface area contributed by atoms with Gasteiger partial charge in [-0.2, -0.15) is 5.10 Å². The topological polar surface area (TPSA) is 74.8 Å². The quantitative estimate of drug-likeness (QED) is 0.746. The molecule has 0 spiro atoms. The highest BCUT2D eigenvalue weighted by molar-refractivity contribution is 9.10. The molecular weight excluding hydrogens is 354 g/mol. The Hall–Kier alpha value is -1.86. The molecule has 0 aliphatic heterocycles. The van der Waals surface area contributed by atoms with E-state index in [1.165, 1.54) is 0 Å². The zero-order chi connectivity index (χ0) is 15.0. The van der Waals surface area contributed by atoms with Crippen molar-refractivity contribution in [1.82, 2.24) is 10.2 Å². The molecule has 0 atom stereocenters. The van der Waals surface area contributed by atoms with Crippen LogP contribution in [0.2, 0.25) is 0 Å². The predicted octanol–water partition coefficient (Wildman–Crippen LogP) is 3.43. The molecule has 3 rings (SSSR count). The predicted molar refractivity (Wildman–Crippen MR) is 85.8 cm³/mol. The van der Waals surface area contributed by atoms with E-state index >= 15 is 0 Å². The third-order valence-electron chi connectivity index (χ3n) is 3.10. The minimum atomic E-state index is -3.62. The van der Waals surface area contributed by atoms with Crippen molar-refractivity contribution in [2.45, 2.75) is 11.8 Å². The van der Waals surface area contributed by atoms with Crippen molar-refractivity contribution in [3.63, 3.8) is 0 Å². The molecule has 0 saturated carbocycles. The number of halogens is 1. The zero-order valence-electron chi connectivity index (χ0n) is 11.1. The number of rotatable bonds is 3. The molecule has 108 valence electrons. The normalized spacial score (nSPS) is 11.7. The summed E-state index contributed by atoms with van der Waals surface area (Å²) in [7, 11) is -3.62. The van der Waals surface area contributed by atoms with Crippen molar-refractivity contribution in [2.24, 2.45) is 0 Å². The molecule has 0 bridgehead atoms. The number of aromatic nitrogens is 2. The maximum absolute atomic E-state index is 12.4. The Morgan fingerprint density at radius 2 is 1.90 bits per heavy atom. The van der Waals surface area contributed by atoms with Crippen LogP contribution in [0.15, 0.2) is 52.0 Å². The molecule has 1 heterocycles.